The smallest absolute Gasteiger partial charge is 0.227 e. The minimum absolute atomic E-state index is 0.391. The first-order valence-electron chi connectivity index (χ1n) is 11.6. The molecule has 9 heteroatoms. The van der Waals surface area contributed by atoms with Crippen LogP contribution in [0, 0.1) is 11.3 Å². The molecule has 0 amide bonds. The van der Waals surface area contributed by atoms with Gasteiger partial charge in [0.1, 0.15) is 6.07 Å². The van der Waals surface area contributed by atoms with Crippen LogP contribution in [0.4, 0.5) is 23.0 Å². The molecule has 4 aromatic rings. The van der Waals surface area contributed by atoms with Gasteiger partial charge in [-0.1, -0.05) is 12.1 Å². The molecule has 180 valence electrons. The Morgan fingerprint density at radius 2 is 1.86 bits per heavy atom. The highest BCUT2D eigenvalue weighted by Gasteiger charge is 2.13. The summed E-state index contributed by atoms with van der Waals surface area (Å²) in [5, 5.41) is 26.4. The van der Waals surface area contributed by atoms with Gasteiger partial charge in [-0.15, -0.1) is 0 Å². The fourth-order valence-corrected chi connectivity index (χ4v) is 3.98. The quantitative estimate of drug-likeness (QED) is 0.337. The van der Waals surface area contributed by atoms with E-state index in [0.29, 0.717) is 28.5 Å². The monoisotopic (exact) mass is 479 g/mol. The molecule has 5 rings (SSSR count). The number of pyridine rings is 1. The van der Waals surface area contributed by atoms with Crippen molar-refractivity contribution >= 4 is 23.0 Å². The Kier molecular flexibility index (Phi) is 6.98. The third kappa shape index (κ3) is 5.41. The molecule has 1 atom stereocenters. The van der Waals surface area contributed by atoms with Gasteiger partial charge in [0.25, 0.3) is 0 Å². The highest BCUT2D eigenvalue weighted by atomic mass is 16.5. The van der Waals surface area contributed by atoms with Crippen LogP contribution in [0.5, 0.6) is 0 Å². The number of hydrogen-bond donors (Lipinski definition) is 3. The van der Waals surface area contributed by atoms with Gasteiger partial charge in [-0.05, 0) is 48.5 Å². The second-order valence-electron chi connectivity index (χ2n) is 8.24. The number of nitrogens with zero attached hydrogens (tertiary/aromatic N) is 5. The lowest BCUT2D eigenvalue weighted by Crippen LogP contribution is -2.36. The molecule has 2 aromatic heterocycles. The third-order valence-electron chi connectivity index (χ3n) is 5.88. The van der Waals surface area contributed by atoms with E-state index in [2.05, 4.69) is 48.7 Å². The molecule has 0 saturated carbocycles. The highest BCUT2D eigenvalue weighted by Crippen LogP contribution is 2.27. The largest absolute Gasteiger partial charge is 0.378 e. The molecule has 36 heavy (non-hydrogen) atoms. The second kappa shape index (κ2) is 10.8. The summed E-state index contributed by atoms with van der Waals surface area (Å²) in [7, 11) is 0. The number of hydrogen-bond acceptors (Lipinski definition) is 9. The number of morpholine rings is 1. The predicted molar refractivity (Wildman–Crippen MR) is 138 cm³/mol. The first-order valence-corrected chi connectivity index (χ1v) is 11.6. The summed E-state index contributed by atoms with van der Waals surface area (Å²) in [4.78, 5) is 15.3. The van der Waals surface area contributed by atoms with Crippen LogP contribution < -0.4 is 15.5 Å². The third-order valence-corrected chi connectivity index (χ3v) is 5.88. The Morgan fingerprint density at radius 1 is 1.03 bits per heavy atom. The summed E-state index contributed by atoms with van der Waals surface area (Å²) in [6.07, 6.45) is 3.90. The summed E-state index contributed by atoms with van der Waals surface area (Å²) < 4.78 is 5.42. The second-order valence-corrected chi connectivity index (χ2v) is 8.24. The molecular formula is C27H25N7O2. The summed E-state index contributed by atoms with van der Waals surface area (Å²) in [5.41, 5.74) is 4.99. The van der Waals surface area contributed by atoms with Crippen molar-refractivity contribution in [3.63, 3.8) is 0 Å². The number of aliphatic hydroxyl groups excluding tert-OH is 1. The maximum atomic E-state index is 10.5. The molecular weight excluding hydrogens is 454 g/mol. The van der Waals surface area contributed by atoms with Gasteiger partial charge in [0.2, 0.25) is 5.95 Å². The number of anilines is 4. The first kappa shape index (κ1) is 23.2. The molecule has 3 N–H and O–H groups in total. The molecule has 1 unspecified atom stereocenters. The van der Waals surface area contributed by atoms with Gasteiger partial charge in [-0.2, -0.15) is 5.26 Å². The minimum Gasteiger partial charge on any atom is -0.378 e. The number of nitriles is 1. The van der Waals surface area contributed by atoms with Crippen molar-refractivity contribution in [2.45, 2.75) is 6.23 Å². The van der Waals surface area contributed by atoms with E-state index in [1.54, 1.807) is 48.9 Å². The Balaban J connectivity index is 1.30. The first-order chi connectivity index (χ1) is 17.7. The van der Waals surface area contributed by atoms with Gasteiger partial charge in [-0.25, -0.2) is 9.97 Å². The predicted octanol–water partition coefficient (Wildman–Crippen LogP) is 4.09. The van der Waals surface area contributed by atoms with Crippen molar-refractivity contribution < 1.29 is 9.84 Å². The van der Waals surface area contributed by atoms with Crippen molar-refractivity contribution in [3.8, 4) is 17.3 Å². The average Bonchev–Trinajstić information content (AvgIpc) is 2.95. The fourth-order valence-electron chi connectivity index (χ4n) is 3.98. The van der Waals surface area contributed by atoms with Crippen LogP contribution >= 0.6 is 0 Å². The van der Waals surface area contributed by atoms with Gasteiger partial charge in [0.05, 0.1) is 30.2 Å². The summed E-state index contributed by atoms with van der Waals surface area (Å²) in [5.74, 6) is 0.458. The number of aromatic nitrogens is 3. The van der Waals surface area contributed by atoms with Gasteiger partial charge in [0, 0.05) is 54.2 Å². The molecule has 1 aliphatic rings. The molecule has 9 nitrogen and oxygen atoms in total. The van der Waals surface area contributed by atoms with Crippen LogP contribution in [0.1, 0.15) is 17.4 Å². The summed E-state index contributed by atoms with van der Waals surface area (Å²) in [6.45, 7) is 3.27. The standard InChI is InChI=1S/C27H25N7O2/c28-17-21-16-19(3-8-24(21)32-26(35)20-2-1-10-29-18-20)25-9-11-30-27(33-25)31-22-4-6-23(7-5-22)34-12-14-36-15-13-34/h1-11,16,18,26,32,35H,12-15H2,(H,30,31,33). The van der Waals surface area contributed by atoms with Crippen LogP contribution in [0.3, 0.4) is 0 Å². The zero-order valence-electron chi connectivity index (χ0n) is 19.5. The molecule has 0 bridgehead atoms. The molecule has 3 heterocycles. The Hall–Kier alpha value is -4.52. The van der Waals surface area contributed by atoms with Crippen LogP contribution in [-0.4, -0.2) is 46.4 Å². The number of nitrogens with one attached hydrogen (secondary N) is 2. The van der Waals surface area contributed by atoms with Crippen LogP contribution in [0.25, 0.3) is 11.3 Å². The van der Waals surface area contributed by atoms with E-state index >= 15 is 0 Å². The molecule has 2 aromatic carbocycles. The highest BCUT2D eigenvalue weighted by molar-refractivity contribution is 5.70. The number of rotatable bonds is 7. The topological polar surface area (TPSA) is 119 Å². The maximum Gasteiger partial charge on any atom is 0.227 e. The van der Waals surface area contributed by atoms with Crippen molar-refractivity contribution in [1.82, 2.24) is 15.0 Å². The SMILES string of the molecule is N#Cc1cc(-c2ccnc(Nc3ccc(N4CCOCC4)cc3)n2)ccc1NC(O)c1cccnc1. The van der Waals surface area contributed by atoms with Crippen LogP contribution in [0.2, 0.25) is 0 Å². The van der Waals surface area contributed by atoms with Gasteiger partial charge in [0.15, 0.2) is 6.23 Å². The Bertz CT molecular complexity index is 1350. The Morgan fingerprint density at radius 3 is 2.61 bits per heavy atom. The molecule has 0 spiro atoms. The van der Waals surface area contributed by atoms with E-state index in [0.717, 1.165) is 43.2 Å². The minimum atomic E-state index is -0.985. The van der Waals surface area contributed by atoms with Crippen LogP contribution in [0.15, 0.2) is 79.3 Å². The van der Waals surface area contributed by atoms with E-state index in [1.165, 1.54) is 0 Å². The van der Waals surface area contributed by atoms with Gasteiger partial charge < -0.3 is 25.4 Å². The van der Waals surface area contributed by atoms with E-state index in [-0.39, 0.29) is 0 Å². The van der Waals surface area contributed by atoms with E-state index < -0.39 is 6.23 Å². The summed E-state index contributed by atoms with van der Waals surface area (Å²) >= 11 is 0. The van der Waals surface area contributed by atoms with Crippen molar-refractivity contribution in [1.29, 1.82) is 5.26 Å². The molecule has 0 aliphatic carbocycles. The average molecular weight is 480 g/mol. The number of aliphatic hydroxyl groups is 1. The maximum absolute atomic E-state index is 10.5. The van der Waals surface area contributed by atoms with Crippen LogP contribution in [-0.2, 0) is 4.74 Å². The van der Waals surface area contributed by atoms with Gasteiger partial charge in [-0.3, -0.25) is 4.98 Å². The van der Waals surface area contributed by atoms with E-state index in [9.17, 15) is 10.4 Å². The molecule has 1 aliphatic heterocycles. The normalized spacial score (nSPS) is 14.1. The number of benzene rings is 2. The fraction of sp³-hybridized carbons (Fsp3) is 0.185. The molecule has 1 saturated heterocycles. The zero-order chi connectivity index (χ0) is 24.7. The van der Waals surface area contributed by atoms with Crippen molar-refractivity contribution in [3.05, 3.63) is 90.4 Å². The zero-order valence-corrected chi connectivity index (χ0v) is 19.5. The lowest BCUT2D eigenvalue weighted by molar-refractivity contribution is 0.122. The van der Waals surface area contributed by atoms with E-state index in [4.69, 9.17) is 4.74 Å². The Labute approximate surface area is 209 Å². The lowest BCUT2D eigenvalue weighted by atomic mass is 10.1. The van der Waals surface area contributed by atoms with Crippen molar-refractivity contribution in [2.24, 2.45) is 0 Å². The number of ether oxygens (including phenoxy) is 1. The van der Waals surface area contributed by atoms with Gasteiger partial charge >= 0.3 is 0 Å². The lowest BCUT2D eigenvalue weighted by Gasteiger charge is -2.28. The van der Waals surface area contributed by atoms with Crippen molar-refractivity contribution in [2.75, 3.05) is 41.8 Å². The summed E-state index contributed by atoms with van der Waals surface area (Å²) in [6, 6.07) is 21.0. The molecule has 0 radical (unpaired) electrons. The molecule has 1 fully saturated rings. The van der Waals surface area contributed by atoms with E-state index in [1.807, 2.05) is 18.2 Å².